The summed E-state index contributed by atoms with van der Waals surface area (Å²) in [4.78, 5) is 35.6. The predicted molar refractivity (Wildman–Crippen MR) is 109 cm³/mol. The summed E-state index contributed by atoms with van der Waals surface area (Å²) in [7, 11) is 0. The number of rotatable bonds is 3. The van der Waals surface area contributed by atoms with Gasteiger partial charge in [-0.05, 0) is 24.6 Å². The number of carbonyl (C=O) groups is 2. The maximum atomic E-state index is 14.2. The van der Waals surface area contributed by atoms with Crippen LogP contribution in [0.2, 0.25) is 5.02 Å². The number of hydrogen-bond acceptors (Lipinski definition) is 7. The Morgan fingerprint density at radius 3 is 2.93 bits per heavy atom. The minimum absolute atomic E-state index is 0.00276. The molecule has 1 spiro atoms. The van der Waals surface area contributed by atoms with E-state index in [1.165, 1.54) is 30.4 Å². The van der Waals surface area contributed by atoms with Gasteiger partial charge in [-0.15, -0.1) is 11.3 Å². The van der Waals surface area contributed by atoms with E-state index >= 15 is 0 Å². The molecule has 2 fully saturated rings. The molecule has 2 saturated heterocycles. The Balaban J connectivity index is 1.69. The topological polar surface area (TPSA) is 83.9 Å². The van der Waals surface area contributed by atoms with Crippen LogP contribution < -0.4 is 5.32 Å². The maximum Gasteiger partial charge on any atom is 0.407 e. The van der Waals surface area contributed by atoms with E-state index in [1.54, 1.807) is 12.3 Å². The van der Waals surface area contributed by atoms with Crippen molar-refractivity contribution in [3.8, 4) is 0 Å². The number of carbonyl (C=O) groups excluding carboxylic acids is 2. The van der Waals surface area contributed by atoms with Gasteiger partial charge in [-0.1, -0.05) is 17.7 Å². The van der Waals surface area contributed by atoms with E-state index in [9.17, 15) is 14.0 Å². The van der Waals surface area contributed by atoms with Gasteiger partial charge in [0.05, 0.1) is 11.6 Å². The van der Waals surface area contributed by atoms with Gasteiger partial charge in [0.15, 0.2) is 16.6 Å². The number of amidine groups is 1. The largest absolute Gasteiger partial charge is 0.447 e. The number of aliphatic imine (C=N–C) groups is 1. The first-order valence-corrected chi connectivity index (χ1v) is 10.5. The van der Waals surface area contributed by atoms with Crippen LogP contribution in [0.25, 0.3) is 0 Å². The molecule has 1 N–H and O–H groups in total. The average Bonchev–Trinajstić information content (AvgIpc) is 3.43. The number of cyclic esters (lactones) is 1. The van der Waals surface area contributed by atoms with Gasteiger partial charge in [0.2, 0.25) is 0 Å². The molecule has 0 unspecified atom stereocenters. The number of Topliss-reactive ketones (excluding diaryl/α,β-unsaturated/α-hetero) is 1. The van der Waals surface area contributed by atoms with Gasteiger partial charge < -0.3 is 15.0 Å². The third-order valence-electron chi connectivity index (χ3n) is 5.49. The van der Waals surface area contributed by atoms with Crippen LogP contribution in [-0.4, -0.2) is 46.3 Å². The normalized spacial score (nSPS) is 25.3. The lowest BCUT2D eigenvalue weighted by molar-refractivity contribution is -0.114. The van der Waals surface area contributed by atoms with E-state index in [1.807, 2.05) is 10.3 Å². The molecular weight excluding hydrogens is 431 g/mol. The van der Waals surface area contributed by atoms with Crippen LogP contribution in [0.1, 0.15) is 30.0 Å². The molecule has 0 radical (unpaired) electrons. The summed E-state index contributed by atoms with van der Waals surface area (Å²) in [5.74, 6) is -0.155. The van der Waals surface area contributed by atoms with Gasteiger partial charge in [-0.25, -0.2) is 14.2 Å². The van der Waals surface area contributed by atoms with E-state index < -0.39 is 23.5 Å². The number of amides is 1. The Kier molecular flexibility index (Phi) is 4.41. The van der Waals surface area contributed by atoms with Gasteiger partial charge >= 0.3 is 6.09 Å². The molecule has 10 heteroatoms. The molecule has 0 bridgehead atoms. The van der Waals surface area contributed by atoms with Crippen molar-refractivity contribution < 1.29 is 18.7 Å². The second kappa shape index (κ2) is 6.88. The lowest BCUT2D eigenvalue weighted by Crippen LogP contribution is -2.47. The number of hydrogen-bond donors (Lipinski definition) is 1. The summed E-state index contributed by atoms with van der Waals surface area (Å²) in [6.07, 6.45) is 1.60. The number of ketones is 1. The summed E-state index contributed by atoms with van der Waals surface area (Å²) in [6, 6.07) is 3.73. The Morgan fingerprint density at radius 1 is 1.47 bits per heavy atom. The molecule has 1 aromatic carbocycles. The Morgan fingerprint density at radius 2 is 2.30 bits per heavy atom. The minimum Gasteiger partial charge on any atom is -0.447 e. The smallest absolute Gasteiger partial charge is 0.407 e. The number of ether oxygens (including phenoxy) is 1. The van der Waals surface area contributed by atoms with Gasteiger partial charge in [0, 0.05) is 29.3 Å². The molecule has 4 heterocycles. The molecule has 2 atom stereocenters. The van der Waals surface area contributed by atoms with Crippen LogP contribution in [0.5, 0.6) is 0 Å². The second-order valence-corrected chi connectivity index (χ2v) is 8.83. The van der Waals surface area contributed by atoms with E-state index in [2.05, 4.69) is 10.3 Å². The summed E-state index contributed by atoms with van der Waals surface area (Å²) in [5.41, 5.74) is 1.09. The highest BCUT2D eigenvalue weighted by Gasteiger charge is 2.52. The zero-order chi connectivity index (χ0) is 21.0. The van der Waals surface area contributed by atoms with Gasteiger partial charge in [-0.3, -0.25) is 9.79 Å². The maximum absolute atomic E-state index is 14.2. The molecule has 3 aliphatic rings. The number of nitrogens with zero attached hydrogens (tertiary/aromatic N) is 3. The average molecular weight is 447 g/mol. The third kappa shape index (κ3) is 3.00. The molecule has 3 aliphatic heterocycles. The first-order chi connectivity index (χ1) is 14.4. The number of benzene rings is 1. The number of fused-ring (bicyclic) bond motifs is 1. The first kappa shape index (κ1) is 19.2. The molecule has 1 aromatic heterocycles. The van der Waals surface area contributed by atoms with Crippen LogP contribution in [0, 0.1) is 5.82 Å². The van der Waals surface area contributed by atoms with Crippen molar-refractivity contribution in [1.82, 2.24) is 15.2 Å². The monoisotopic (exact) mass is 446 g/mol. The molecule has 7 nitrogen and oxygen atoms in total. The Bertz CT molecular complexity index is 1130. The highest BCUT2D eigenvalue weighted by Crippen LogP contribution is 2.44. The van der Waals surface area contributed by atoms with Crippen LogP contribution in [0.15, 0.2) is 46.0 Å². The summed E-state index contributed by atoms with van der Waals surface area (Å²) in [5, 5.41) is 5.40. The van der Waals surface area contributed by atoms with Crippen molar-refractivity contribution in [1.29, 1.82) is 0 Å². The van der Waals surface area contributed by atoms with Gasteiger partial charge in [0.1, 0.15) is 24.0 Å². The standard InChI is InChI=1S/C20H16ClFN4O3S/c1-10(27)15-14-7-20(9-29-19(28)25-20)8-26(14)17(18-23-4-5-30-18)24-16(15)11-2-3-12(21)13(22)6-11/h2-6,16H,7-9H2,1H3,(H,25,28)/t16-,20-/m0/s1. The number of nitrogens with one attached hydrogen (secondary N) is 1. The van der Waals surface area contributed by atoms with Crippen LogP contribution in [0.3, 0.4) is 0 Å². The van der Waals surface area contributed by atoms with E-state index in [4.69, 9.17) is 21.3 Å². The highest BCUT2D eigenvalue weighted by atomic mass is 35.5. The fourth-order valence-corrected chi connectivity index (χ4v) is 4.98. The minimum atomic E-state index is -0.701. The third-order valence-corrected chi connectivity index (χ3v) is 6.57. The van der Waals surface area contributed by atoms with Gasteiger partial charge in [0.25, 0.3) is 0 Å². The first-order valence-electron chi connectivity index (χ1n) is 9.26. The lowest BCUT2D eigenvalue weighted by atomic mass is 9.90. The molecular formula is C20H16ClFN4O3S. The predicted octanol–water partition coefficient (Wildman–Crippen LogP) is 3.46. The summed E-state index contributed by atoms with van der Waals surface area (Å²) >= 11 is 7.27. The number of alkyl carbamates (subject to hydrolysis) is 1. The fourth-order valence-electron chi connectivity index (χ4n) is 4.22. The van der Waals surface area contributed by atoms with Crippen LogP contribution >= 0.6 is 22.9 Å². The van der Waals surface area contributed by atoms with Crippen molar-refractivity contribution >= 4 is 40.6 Å². The van der Waals surface area contributed by atoms with Crippen molar-refractivity contribution in [2.24, 2.45) is 4.99 Å². The van der Waals surface area contributed by atoms with Crippen molar-refractivity contribution in [3.63, 3.8) is 0 Å². The zero-order valence-corrected chi connectivity index (χ0v) is 17.4. The molecule has 5 rings (SSSR count). The van der Waals surface area contributed by atoms with Crippen molar-refractivity contribution in [2.75, 3.05) is 13.2 Å². The lowest BCUT2D eigenvalue weighted by Gasteiger charge is -2.31. The summed E-state index contributed by atoms with van der Waals surface area (Å²) < 4.78 is 19.4. The van der Waals surface area contributed by atoms with E-state index in [0.717, 1.165) is 5.70 Å². The molecule has 30 heavy (non-hydrogen) atoms. The number of thiazole rings is 1. The van der Waals surface area contributed by atoms with E-state index in [0.29, 0.717) is 34.9 Å². The quantitative estimate of drug-likeness (QED) is 0.780. The molecule has 1 amide bonds. The molecule has 0 aliphatic carbocycles. The Hall–Kier alpha value is -2.78. The fraction of sp³-hybridized carbons (Fsp3) is 0.300. The number of aromatic nitrogens is 1. The van der Waals surface area contributed by atoms with Crippen molar-refractivity contribution in [3.05, 3.63) is 62.5 Å². The van der Waals surface area contributed by atoms with E-state index in [-0.39, 0.29) is 17.4 Å². The van der Waals surface area contributed by atoms with Gasteiger partial charge in [-0.2, -0.15) is 0 Å². The molecule has 154 valence electrons. The zero-order valence-electron chi connectivity index (χ0n) is 15.8. The van der Waals surface area contributed by atoms with Crippen LogP contribution in [-0.2, 0) is 9.53 Å². The SMILES string of the molecule is CC(=O)C1=C2C[C@@]3(COC(=O)N3)CN2C(c2nccs2)=N[C@H]1c1ccc(Cl)c(F)c1. The Labute approximate surface area is 180 Å². The molecule has 2 aromatic rings. The number of halogens is 2. The van der Waals surface area contributed by atoms with Crippen molar-refractivity contribution in [2.45, 2.75) is 24.9 Å². The highest BCUT2D eigenvalue weighted by molar-refractivity contribution is 7.11. The summed E-state index contributed by atoms with van der Waals surface area (Å²) in [6.45, 7) is 2.08. The second-order valence-electron chi connectivity index (χ2n) is 7.53. The molecule has 0 saturated carbocycles. The van der Waals surface area contributed by atoms with Crippen LogP contribution in [0.4, 0.5) is 9.18 Å².